The molecule has 0 aromatic rings. The van der Waals surface area contributed by atoms with Gasteiger partial charge in [-0.25, -0.2) is 8.42 Å². The van der Waals surface area contributed by atoms with Gasteiger partial charge in [-0.2, -0.15) is 4.31 Å². The summed E-state index contributed by atoms with van der Waals surface area (Å²) >= 11 is 0. The third-order valence-electron chi connectivity index (χ3n) is 2.74. The molecular weight excluding hydrogens is 218 g/mol. The van der Waals surface area contributed by atoms with Gasteiger partial charge in [0.05, 0.1) is 25.1 Å². The van der Waals surface area contributed by atoms with Crippen LogP contribution in [0.2, 0.25) is 0 Å². The molecule has 5 nitrogen and oxygen atoms in total. The standard InChI is InChI=1S/C9H19NO4S/c1-3-9-7-14-5-4-10(9)15(12,13)8(2)6-11/h8-9,11H,3-7H2,1-2H3. The lowest BCUT2D eigenvalue weighted by Gasteiger charge is -2.35. The largest absolute Gasteiger partial charge is 0.395 e. The molecule has 1 fully saturated rings. The molecule has 0 aromatic heterocycles. The van der Waals surface area contributed by atoms with Crippen LogP contribution in [0.15, 0.2) is 0 Å². The van der Waals surface area contributed by atoms with Crippen LogP contribution in [-0.2, 0) is 14.8 Å². The van der Waals surface area contributed by atoms with Crippen LogP contribution in [-0.4, -0.2) is 55.5 Å². The van der Waals surface area contributed by atoms with E-state index in [0.29, 0.717) is 19.8 Å². The van der Waals surface area contributed by atoms with Gasteiger partial charge in [-0.05, 0) is 13.3 Å². The molecule has 1 aliphatic rings. The molecule has 1 N–H and O–H groups in total. The van der Waals surface area contributed by atoms with Gasteiger partial charge in [-0.15, -0.1) is 0 Å². The van der Waals surface area contributed by atoms with Gasteiger partial charge < -0.3 is 9.84 Å². The van der Waals surface area contributed by atoms with Gasteiger partial charge >= 0.3 is 0 Å². The fourth-order valence-electron chi connectivity index (χ4n) is 1.62. The summed E-state index contributed by atoms with van der Waals surface area (Å²) in [6.07, 6.45) is 0.734. The van der Waals surface area contributed by atoms with E-state index >= 15 is 0 Å². The van der Waals surface area contributed by atoms with Crippen molar-refractivity contribution in [3.63, 3.8) is 0 Å². The highest BCUT2D eigenvalue weighted by Crippen LogP contribution is 2.18. The summed E-state index contributed by atoms with van der Waals surface area (Å²) in [7, 11) is -3.37. The van der Waals surface area contributed by atoms with Crippen LogP contribution in [0.5, 0.6) is 0 Å². The van der Waals surface area contributed by atoms with Crippen LogP contribution in [0.4, 0.5) is 0 Å². The molecule has 0 spiro atoms. The Labute approximate surface area is 91.1 Å². The smallest absolute Gasteiger partial charge is 0.219 e. The summed E-state index contributed by atoms with van der Waals surface area (Å²) in [5.74, 6) is 0. The third-order valence-corrected chi connectivity index (χ3v) is 5.04. The van der Waals surface area contributed by atoms with Gasteiger partial charge in [0.15, 0.2) is 0 Å². The van der Waals surface area contributed by atoms with Crippen molar-refractivity contribution in [2.45, 2.75) is 31.6 Å². The lowest BCUT2D eigenvalue weighted by Crippen LogP contribution is -2.51. The molecule has 90 valence electrons. The van der Waals surface area contributed by atoms with Crippen LogP contribution in [0, 0.1) is 0 Å². The van der Waals surface area contributed by atoms with E-state index in [1.54, 1.807) is 0 Å². The Hall–Kier alpha value is -0.170. The van der Waals surface area contributed by atoms with E-state index < -0.39 is 15.3 Å². The summed E-state index contributed by atoms with van der Waals surface area (Å²) in [4.78, 5) is 0. The molecule has 0 saturated carbocycles. The number of morpholine rings is 1. The quantitative estimate of drug-likeness (QED) is 0.736. The predicted octanol–water partition coefficient (Wildman–Crippen LogP) is -0.192. The first-order chi connectivity index (χ1) is 7.04. The van der Waals surface area contributed by atoms with Crippen LogP contribution in [0.3, 0.4) is 0 Å². The van der Waals surface area contributed by atoms with E-state index in [0.717, 1.165) is 6.42 Å². The zero-order valence-electron chi connectivity index (χ0n) is 9.22. The highest BCUT2D eigenvalue weighted by atomic mass is 32.2. The third kappa shape index (κ3) is 2.69. The van der Waals surface area contributed by atoms with Crippen molar-refractivity contribution in [2.24, 2.45) is 0 Å². The molecule has 1 heterocycles. The molecule has 0 aromatic carbocycles. The molecule has 0 bridgehead atoms. The summed E-state index contributed by atoms with van der Waals surface area (Å²) in [6.45, 7) is 4.41. The summed E-state index contributed by atoms with van der Waals surface area (Å²) < 4.78 is 30.7. The maximum Gasteiger partial charge on any atom is 0.219 e. The number of hydrogen-bond acceptors (Lipinski definition) is 4. The molecular formula is C9H19NO4S. The molecule has 15 heavy (non-hydrogen) atoms. The van der Waals surface area contributed by atoms with Crippen LogP contribution in [0.1, 0.15) is 20.3 Å². The van der Waals surface area contributed by atoms with Gasteiger partial charge in [0, 0.05) is 12.6 Å². The van der Waals surface area contributed by atoms with E-state index in [1.807, 2.05) is 6.92 Å². The summed E-state index contributed by atoms with van der Waals surface area (Å²) in [5.41, 5.74) is 0. The van der Waals surface area contributed by atoms with Crippen molar-refractivity contribution >= 4 is 10.0 Å². The lowest BCUT2D eigenvalue weighted by atomic mass is 10.2. The van der Waals surface area contributed by atoms with Crippen LogP contribution in [0.25, 0.3) is 0 Å². The number of sulfonamides is 1. The molecule has 0 radical (unpaired) electrons. The Kier molecular flexibility index (Phi) is 4.51. The monoisotopic (exact) mass is 237 g/mol. The SMILES string of the molecule is CCC1COCCN1S(=O)(=O)C(C)CO. The Morgan fingerprint density at radius 2 is 2.27 bits per heavy atom. The molecule has 0 aliphatic carbocycles. The Morgan fingerprint density at radius 3 is 2.80 bits per heavy atom. The second-order valence-corrected chi connectivity index (χ2v) is 6.09. The summed E-state index contributed by atoms with van der Waals surface area (Å²) in [5, 5.41) is 8.19. The second-order valence-electron chi connectivity index (χ2n) is 3.79. The summed E-state index contributed by atoms with van der Waals surface area (Å²) in [6, 6.07) is -0.0854. The molecule has 1 saturated heterocycles. The molecule has 6 heteroatoms. The van der Waals surface area contributed by atoms with Crippen molar-refractivity contribution in [1.29, 1.82) is 0 Å². The average Bonchev–Trinajstić information content (AvgIpc) is 2.27. The second kappa shape index (κ2) is 5.25. The zero-order chi connectivity index (χ0) is 11.5. The Bertz CT molecular complexity index is 290. The van der Waals surface area contributed by atoms with Gasteiger partial charge in [-0.1, -0.05) is 6.92 Å². The predicted molar refractivity (Wildman–Crippen MR) is 57.1 cm³/mol. The van der Waals surface area contributed by atoms with Gasteiger partial charge in [0.2, 0.25) is 10.0 Å². The fraction of sp³-hybridized carbons (Fsp3) is 1.00. The van der Waals surface area contributed by atoms with E-state index in [4.69, 9.17) is 9.84 Å². The van der Waals surface area contributed by atoms with E-state index in [9.17, 15) is 8.42 Å². The van der Waals surface area contributed by atoms with E-state index in [-0.39, 0.29) is 12.6 Å². The van der Waals surface area contributed by atoms with Crippen molar-refractivity contribution in [2.75, 3.05) is 26.4 Å². The van der Waals surface area contributed by atoms with Gasteiger partial charge in [0.1, 0.15) is 0 Å². The first-order valence-electron chi connectivity index (χ1n) is 5.23. The van der Waals surface area contributed by atoms with E-state index in [2.05, 4.69) is 0 Å². The van der Waals surface area contributed by atoms with Crippen molar-refractivity contribution < 1.29 is 18.3 Å². The Balaban J connectivity index is 2.83. The Morgan fingerprint density at radius 1 is 1.60 bits per heavy atom. The maximum atomic E-state index is 12.0. The maximum absolute atomic E-state index is 12.0. The number of aliphatic hydroxyl groups excluding tert-OH is 1. The first-order valence-corrected chi connectivity index (χ1v) is 6.73. The molecule has 1 rings (SSSR count). The average molecular weight is 237 g/mol. The number of aliphatic hydroxyl groups is 1. The van der Waals surface area contributed by atoms with Crippen molar-refractivity contribution in [3.8, 4) is 0 Å². The normalized spacial score (nSPS) is 26.5. The number of ether oxygens (including phenoxy) is 1. The van der Waals surface area contributed by atoms with E-state index in [1.165, 1.54) is 11.2 Å². The first kappa shape index (κ1) is 12.9. The minimum absolute atomic E-state index is 0.0854. The van der Waals surface area contributed by atoms with Crippen molar-refractivity contribution in [1.82, 2.24) is 4.31 Å². The highest BCUT2D eigenvalue weighted by molar-refractivity contribution is 7.89. The van der Waals surface area contributed by atoms with Crippen molar-refractivity contribution in [3.05, 3.63) is 0 Å². The molecule has 2 unspecified atom stereocenters. The molecule has 1 aliphatic heterocycles. The minimum Gasteiger partial charge on any atom is -0.395 e. The minimum atomic E-state index is -3.37. The van der Waals surface area contributed by atoms with Gasteiger partial charge in [-0.3, -0.25) is 0 Å². The zero-order valence-corrected chi connectivity index (χ0v) is 10.0. The topological polar surface area (TPSA) is 66.8 Å². The molecule has 0 amide bonds. The fourth-order valence-corrected chi connectivity index (χ4v) is 3.23. The lowest BCUT2D eigenvalue weighted by molar-refractivity contribution is 0.0307. The number of rotatable bonds is 4. The van der Waals surface area contributed by atoms with Crippen LogP contribution >= 0.6 is 0 Å². The van der Waals surface area contributed by atoms with Crippen LogP contribution < -0.4 is 0 Å². The number of hydrogen-bond donors (Lipinski definition) is 1. The highest BCUT2D eigenvalue weighted by Gasteiger charge is 2.35. The molecule has 2 atom stereocenters. The van der Waals surface area contributed by atoms with Gasteiger partial charge in [0.25, 0.3) is 0 Å². The number of nitrogens with zero attached hydrogens (tertiary/aromatic N) is 1.